The molecule has 1 aromatic heterocycles. The van der Waals surface area contributed by atoms with Crippen molar-refractivity contribution in [1.82, 2.24) is 10.2 Å². The standard InChI is InChI=1S/C25H28N2O4.CH2O2/c28-19(15-27-12-10-25(11-13-27)9-7-24(29)26-25)17-31-23-6-5-20(18-8-14-30-16-18)21-3-1-2-4-22(21)23;2-1-3/h1-6,8,14,16,19,28H,7,9-13,15,17H2,(H,26,29);1H,(H,2,3). The maximum absolute atomic E-state index is 11.6. The van der Waals surface area contributed by atoms with Gasteiger partial charge in [-0.15, -0.1) is 0 Å². The minimum atomic E-state index is -0.570. The van der Waals surface area contributed by atoms with Gasteiger partial charge in [0.1, 0.15) is 18.5 Å². The number of carboxylic acid groups (broad SMARTS) is 1. The third kappa shape index (κ3) is 5.40. The first-order valence-corrected chi connectivity index (χ1v) is 11.5. The third-order valence-corrected chi connectivity index (χ3v) is 6.66. The van der Waals surface area contributed by atoms with Crippen molar-refractivity contribution in [3.8, 4) is 16.9 Å². The van der Waals surface area contributed by atoms with Gasteiger partial charge in [0.25, 0.3) is 6.47 Å². The number of β-amino-alcohol motifs (C(OH)–C–C–N with tert-alkyl or cyclic N) is 1. The van der Waals surface area contributed by atoms with Crippen LogP contribution in [0.2, 0.25) is 0 Å². The number of ether oxygens (including phenoxy) is 1. The van der Waals surface area contributed by atoms with E-state index < -0.39 is 6.10 Å². The van der Waals surface area contributed by atoms with Crippen LogP contribution < -0.4 is 10.1 Å². The number of nitrogens with zero attached hydrogens (tertiary/aromatic N) is 1. The summed E-state index contributed by atoms with van der Waals surface area (Å²) in [6.45, 7) is 2.35. The maximum Gasteiger partial charge on any atom is 0.290 e. The lowest BCUT2D eigenvalue weighted by Crippen LogP contribution is -2.52. The fourth-order valence-corrected chi connectivity index (χ4v) is 4.92. The fraction of sp³-hybridized carbons (Fsp3) is 0.385. The zero-order valence-corrected chi connectivity index (χ0v) is 19.0. The van der Waals surface area contributed by atoms with E-state index in [1.54, 1.807) is 12.5 Å². The predicted octanol–water partition coefficient (Wildman–Crippen LogP) is 3.28. The molecular weight excluding hydrogens is 436 g/mol. The first-order chi connectivity index (χ1) is 16.5. The summed E-state index contributed by atoms with van der Waals surface area (Å²) >= 11 is 0. The Labute approximate surface area is 198 Å². The Bertz CT molecular complexity index is 1110. The molecule has 2 fully saturated rings. The Kier molecular flexibility index (Phi) is 7.49. The molecule has 1 atom stereocenters. The number of amides is 1. The number of aliphatic hydroxyl groups is 1. The van der Waals surface area contributed by atoms with E-state index in [1.165, 1.54) is 0 Å². The lowest BCUT2D eigenvalue weighted by atomic mass is 9.86. The molecule has 3 N–H and O–H groups in total. The van der Waals surface area contributed by atoms with Crippen LogP contribution >= 0.6 is 0 Å². The van der Waals surface area contributed by atoms with E-state index in [2.05, 4.69) is 16.3 Å². The number of hydrogen-bond donors (Lipinski definition) is 3. The van der Waals surface area contributed by atoms with Crippen molar-refractivity contribution in [2.24, 2.45) is 0 Å². The summed E-state index contributed by atoms with van der Waals surface area (Å²) < 4.78 is 11.3. The topological polar surface area (TPSA) is 112 Å². The van der Waals surface area contributed by atoms with E-state index >= 15 is 0 Å². The van der Waals surface area contributed by atoms with E-state index in [9.17, 15) is 9.90 Å². The van der Waals surface area contributed by atoms with Crippen LogP contribution in [0.3, 0.4) is 0 Å². The van der Waals surface area contributed by atoms with Crippen molar-refractivity contribution in [3.05, 3.63) is 55.0 Å². The molecule has 0 saturated carbocycles. The number of aliphatic hydroxyl groups excluding tert-OH is 1. The number of fused-ring (bicyclic) bond motifs is 1. The molecule has 0 aliphatic carbocycles. The number of rotatable bonds is 6. The van der Waals surface area contributed by atoms with Gasteiger partial charge in [0.15, 0.2) is 0 Å². The number of benzene rings is 2. The van der Waals surface area contributed by atoms with Crippen molar-refractivity contribution < 1.29 is 29.0 Å². The highest BCUT2D eigenvalue weighted by Gasteiger charge is 2.40. The number of carbonyl (C=O) groups is 2. The van der Waals surface area contributed by atoms with Crippen LogP contribution in [-0.4, -0.2) is 65.4 Å². The Hall–Kier alpha value is -3.36. The van der Waals surface area contributed by atoms with Crippen molar-refractivity contribution in [1.29, 1.82) is 0 Å². The number of piperidine rings is 1. The van der Waals surface area contributed by atoms with Gasteiger partial charge in [0, 0.05) is 42.5 Å². The molecule has 1 unspecified atom stereocenters. The molecule has 0 bridgehead atoms. The Balaban J connectivity index is 0.000000868. The van der Waals surface area contributed by atoms with E-state index in [1.807, 2.05) is 36.4 Å². The van der Waals surface area contributed by atoms with Gasteiger partial charge in [-0.3, -0.25) is 9.59 Å². The van der Waals surface area contributed by atoms with E-state index in [0.717, 1.165) is 60.0 Å². The molecule has 34 heavy (non-hydrogen) atoms. The smallest absolute Gasteiger partial charge is 0.290 e. The zero-order valence-electron chi connectivity index (χ0n) is 19.0. The minimum Gasteiger partial charge on any atom is -0.490 e. The normalized spacial score (nSPS) is 18.2. The van der Waals surface area contributed by atoms with Gasteiger partial charge in [0.2, 0.25) is 5.91 Å². The molecule has 8 nitrogen and oxygen atoms in total. The fourth-order valence-electron chi connectivity index (χ4n) is 4.92. The molecule has 1 spiro atoms. The molecule has 3 heterocycles. The summed E-state index contributed by atoms with van der Waals surface area (Å²) in [4.78, 5) is 22.2. The second kappa shape index (κ2) is 10.7. The second-order valence-corrected chi connectivity index (χ2v) is 8.87. The Morgan fingerprint density at radius 2 is 1.85 bits per heavy atom. The summed E-state index contributed by atoms with van der Waals surface area (Å²) in [6, 6.07) is 14.1. The minimum absolute atomic E-state index is 0.00924. The van der Waals surface area contributed by atoms with Crippen LogP contribution in [0.15, 0.2) is 59.4 Å². The molecule has 5 rings (SSSR count). The number of nitrogens with one attached hydrogen (secondary N) is 1. The zero-order chi connectivity index (χ0) is 24.0. The molecule has 3 aromatic rings. The van der Waals surface area contributed by atoms with Crippen LogP contribution in [0.5, 0.6) is 5.75 Å². The van der Waals surface area contributed by atoms with Gasteiger partial charge in [-0.05, 0) is 48.4 Å². The summed E-state index contributed by atoms with van der Waals surface area (Å²) in [5, 5.41) is 22.8. The van der Waals surface area contributed by atoms with Gasteiger partial charge >= 0.3 is 0 Å². The van der Waals surface area contributed by atoms with E-state index in [0.29, 0.717) is 13.0 Å². The summed E-state index contributed by atoms with van der Waals surface area (Å²) in [6.07, 6.45) is 6.33. The van der Waals surface area contributed by atoms with Crippen LogP contribution in [0.25, 0.3) is 21.9 Å². The first-order valence-electron chi connectivity index (χ1n) is 11.5. The highest BCUT2D eigenvalue weighted by Crippen LogP contribution is 2.35. The maximum atomic E-state index is 11.6. The number of furan rings is 1. The largest absolute Gasteiger partial charge is 0.490 e. The van der Waals surface area contributed by atoms with Gasteiger partial charge in [-0.2, -0.15) is 0 Å². The molecule has 1 amide bonds. The van der Waals surface area contributed by atoms with Crippen LogP contribution in [0.1, 0.15) is 25.7 Å². The van der Waals surface area contributed by atoms with Crippen molar-refractivity contribution in [2.75, 3.05) is 26.2 Å². The predicted molar refractivity (Wildman–Crippen MR) is 128 cm³/mol. The molecular formula is C26H30N2O6. The van der Waals surface area contributed by atoms with Crippen molar-refractivity contribution >= 4 is 23.2 Å². The van der Waals surface area contributed by atoms with Crippen molar-refractivity contribution in [2.45, 2.75) is 37.3 Å². The van der Waals surface area contributed by atoms with Crippen LogP contribution in [-0.2, 0) is 9.59 Å². The third-order valence-electron chi connectivity index (χ3n) is 6.66. The van der Waals surface area contributed by atoms with E-state index in [-0.39, 0.29) is 24.5 Å². The van der Waals surface area contributed by atoms with Crippen LogP contribution in [0, 0.1) is 0 Å². The quantitative estimate of drug-likeness (QED) is 0.478. The Morgan fingerprint density at radius 3 is 2.50 bits per heavy atom. The average molecular weight is 467 g/mol. The highest BCUT2D eigenvalue weighted by molar-refractivity contribution is 5.99. The number of hydrogen-bond acceptors (Lipinski definition) is 6. The molecule has 2 aliphatic heterocycles. The lowest BCUT2D eigenvalue weighted by molar-refractivity contribution is -0.123. The lowest BCUT2D eigenvalue weighted by Gasteiger charge is -2.39. The summed E-state index contributed by atoms with van der Waals surface area (Å²) in [5.41, 5.74) is 2.12. The number of carbonyl (C=O) groups excluding carboxylic acids is 1. The SMILES string of the molecule is O=C1CCC2(CCN(CC(O)COc3ccc(-c4ccoc4)c4ccccc34)CC2)N1.O=CO. The highest BCUT2D eigenvalue weighted by atomic mass is 16.5. The molecule has 8 heteroatoms. The van der Waals surface area contributed by atoms with Crippen LogP contribution in [0.4, 0.5) is 0 Å². The first kappa shape index (κ1) is 23.8. The van der Waals surface area contributed by atoms with Gasteiger partial charge < -0.3 is 29.6 Å². The molecule has 2 aliphatic rings. The molecule has 2 aromatic carbocycles. The summed E-state index contributed by atoms with van der Waals surface area (Å²) in [5.74, 6) is 0.945. The van der Waals surface area contributed by atoms with E-state index in [4.69, 9.17) is 19.1 Å². The number of likely N-dealkylation sites (tertiary alicyclic amines) is 1. The Morgan fingerprint density at radius 1 is 1.12 bits per heavy atom. The molecule has 2 saturated heterocycles. The van der Waals surface area contributed by atoms with Gasteiger partial charge in [-0.1, -0.05) is 24.3 Å². The molecule has 180 valence electrons. The van der Waals surface area contributed by atoms with Crippen molar-refractivity contribution in [3.63, 3.8) is 0 Å². The summed E-state index contributed by atoms with van der Waals surface area (Å²) in [7, 11) is 0. The second-order valence-electron chi connectivity index (χ2n) is 8.87. The molecule has 0 radical (unpaired) electrons. The monoisotopic (exact) mass is 466 g/mol. The van der Waals surface area contributed by atoms with Gasteiger partial charge in [0.05, 0.1) is 12.5 Å². The average Bonchev–Trinajstić information content (AvgIpc) is 3.50. The van der Waals surface area contributed by atoms with Gasteiger partial charge in [-0.25, -0.2) is 0 Å².